The van der Waals surface area contributed by atoms with Gasteiger partial charge in [0, 0.05) is 18.5 Å². The first kappa shape index (κ1) is 24.4. The highest BCUT2D eigenvalue weighted by Gasteiger charge is 2.31. The molecule has 3 amide bonds. The third-order valence-electron chi connectivity index (χ3n) is 4.92. The van der Waals surface area contributed by atoms with Crippen LogP contribution in [0.5, 0.6) is 0 Å². The summed E-state index contributed by atoms with van der Waals surface area (Å²) in [5.74, 6) is -0.860. The minimum Gasteiger partial charge on any atom is -0.293 e. The number of carbonyl (C=O) groups is 3. The van der Waals surface area contributed by atoms with Crippen LogP contribution in [-0.2, 0) is 9.59 Å². The van der Waals surface area contributed by atoms with Crippen LogP contribution in [0.15, 0.2) is 71.2 Å². The van der Waals surface area contributed by atoms with Gasteiger partial charge < -0.3 is 0 Å². The molecule has 2 N–H and O–H groups in total. The van der Waals surface area contributed by atoms with Crippen LogP contribution in [0, 0.1) is 6.92 Å². The lowest BCUT2D eigenvalue weighted by atomic mass is 10.1. The summed E-state index contributed by atoms with van der Waals surface area (Å²) in [6.07, 6.45) is 4.41. The molecule has 1 aliphatic heterocycles. The molecule has 0 saturated carbocycles. The number of hydrogen-bond donors (Lipinski definition) is 2. The maximum Gasteiger partial charge on any atom is 0.269 e. The molecule has 0 radical (unpaired) electrons. The van der Waals surface area contributed by atoms with Gasteiger partial charge in [0.1, 0.15) is 4.32 Å². The average molecular weight is 480 g/mol. The van der Waals surface area contributed by atoms with Gasteiger partial charge in [-0.25, -0.2) is 0 Å². The summed E-state index contributed by atoms with van der Waals surface area (Å²) in [7, 11) is 0. The number of aryl methyl sites for hydroxylation is 1. The molecule has 3 rings (SSSR count). The van der Waals surface area contributed by atoms with Crippen molar-refractivity contribution in [1.29, 1.82) is 0 Å². The number of allylic oxidation sites excluding steroid dienone is 2. The number of thioether (sulfide) groups is 1. The van der Waals surface area contributed by atoms with Crippen molar-refractivity contribution in [2.75, 3.05) is 6.54 Å². The topological polar surface area (TPSA) is 78.5 Å². The van der Waals surface area contributed by atoms with E-state index >= 15 is 0 Å². The third-order valence-corrected chi connectivity index (χ3v) is 6.29. The Morgan fingerprint density at radius 3 is 2.48 bits per heavy atom. The highest BCUT2D eigenvalue weighted by Crippen LogP contribution is 2.32. The molecule has 0 unspecified atom stereocenters. The number of benzene rings is 2. The lowest BCUT2D eigenvalue weighted by molar-refractivity contribution is -0.124. The quantitative estimate of drug-likeness (QED) is 0.350. The number of thiocarbonyl (C=S) groups is 1. The average Bonchev–Trinajstić information content (AvgIpc) is 3.05. The van der Waals surface area contributed by atoms with Gasteiger partial charge in [0.25, 0.3) is 11.8 Å². The maximum atomic E-state index is 12.7. The fraction of sp³-hybridized carbons (Fsp3) is 0.200. The van der Waals surface area contributed by atoms with Crippen molar-refractivity contribution in [1.82, 2.24) is 15.8 Å². The number of rotatable bonds is 7. The van der Waals surface area contributed by atoms with Crippen LogP contribution in [0.4, 0.5) is 0 Å². The molecule has 170 valence electrons. The van der Waals surface area contributed by atoms with E-state index in [0.29, 0.717) is 27.8 Å². The summed E-state index contributed by atoms with van der Waals surface area (Å²) in [5.41, 5.74) is 8.16. The second-order valence-electron chi connectivity index (χ2n) is 7.55. The van der Waals surface area contributed by atoms with Crippen LogP contribution < -0.4 is 10.9 Å². The molecular formula is C25H25N3O3S2. The van der Waals surface area contributed by atoms with E-state index in [4.69, 9.17) is 12.2 Å². The Morgan fingerprint density at radius 1 is 1.06 bits per heavy atom. The molecule has 8 heteroatoms. The fourth-order valence-corrected chi connectivity index (χ4v) is 4.59. The monoisotopic (exact) mass is 479 g/mol. The summed E-state index contributed by atoms with van der Waals surface area (Å²) in [5, 5.41) is 0. The van der Waals surface area contributed by atoms with E-state index in [1.54, 1.807) is 12.1 Å². The van der Waals surface area contributed by atoms with E-state index in [9.17, 15) is 14.4 Å². The zero-order chi connectivity index (χ0) is 23.8. The highest BCUT2D eigenvalue weighted by atomic mass is 32.2. The van der Waals surface area contributed by atoms with Crippen molar-refractivity contribution in [3.63, 3.8) is 0 Å². The van der Waals surface area contributed by atoms with Crippen molar-refractivity contribution in [3.8, 4) is 0 Å². The van der Waals surface area contributed by atoms with Gasteiger partial charge in [-0.1, -0.05) is 78.6 Å². The smallest absolute Gasteiger partial charge is 0.269 e. The van der Waals surface area contributed by atoms with Crippen LogP contribution in [0.3, 0.4) is 0 Å². The predicted molar refractivity (Wildman–Crippen MR) is 136 cm³/mol. The summed E-state index contributed by atoms with van der Waals surface area (Å²) >= 11 is 6.62. The second kappa shape index (κ2) is 11.6. The Hall–Kier alpha value is -3.23. The number of hydrazine groups is 1. The normalized spacial score (nSPS) is 15.2. The lowest BCUT2D eigenvalue weighted by Crippen LogP contribution is -2.42. The molecule has 1 fully saturated rings. The molecule has 0 spiro atoms. The molecule has 0 atom stereocenters. The van der Waals surface area contributed by atoms with Gasteiger partial charge in [-0.05, 0) is 49.1 Å². The number of nitrogens with zero attached hydrogens (tertiary/aromatic N) is 1. The van der Waals surface area contributed by atoms with Crippen molar-refractivity contribution in [2.45, 2.75) is 26.7 Å². The van der Waals surface area contributed by atoms with Crippen LogP contribution in [0.25, 0.3) is 6.08 Å². The highest BCUT2D eigenvalue weighted by molar-refractivity contribution is 8.26. The Kier molecular flexibility index (Phi) is 8.57. The zero-order valence-corrected chi connectivity index (χ0v) is 20.1. The van der Waals surface area contributed by atoms with E-state index in [2.05, 4.69) is 10.9 Å². The van der Waals surface area contributed by atoms with E-state index in [1.807, 2.05) is 68.5 Å². The van der Waals surface area contributed by atoms with Gasteiger partial charge in [0.15, 0.2) is 0 Å². The number of carbonyl (C=O) groups excluding carboxylic acids is 3. The Labute approximate surface area is 203 Å². The number of nitrogens with one attached hydrogen (secondary N) is 2. The molecular weight excluding hydrogens is 454 g/mol. The van der Waals surface area contributed by atoms with Gasteiger partial charge in [-0.3, -0.25) is 30.1 Å². The van der Waals surface area contributed by atoms with Gasteiger partial charge in [-0.2, -0.15) is 0 Å². The Bertz CT molecular complexity index is 1130. The SMILES string of the molecule is CC(=Cc1ccccc1)C=C1SC(=S)N(CCCC(=O)NNC(=O)c2ccccc2C)C1=O. The fourth-order valence-electron chi connectivity index (χ4n) is 3.24. The number of amides is 3. The summed E-state index contributed by atoms with van der Waals surface area (Å²) in [4.78, 5) is 39.1. The molecule has 1 aliphatic rings. The second-order valence-corrected chi connectivity index (χ2v) is 9.23. The van der Waals surface area contributed by atoms with Gasteiger partial charge >= 0.3 is 0 Å². The zero-order valence-electron chi connectivity index (χ0n) is 18.5. The molecule has 2 aromatic carbocycles. The van der Waals surface area contributed by atoms with Crippen LogP contribution >= 0.6 is 24.0 Å². The Balaban J connectivity index is 1.47. The third kappa shape index (κ3) is 6.87. The van der Waals surface area contributed by atoms with E-state index in [-0.39, 0.29) is 24.1 Å². The largest absolute Gasteiger partial charge is 0.293 e. The molecule has 2 aromatic rings. The van der Waals surface area contributed by atoms with Gasteiger partial charge in [-0.15, -0.1) is 0 Å². The Morgan fingerprint density at radius 2 is 1.76 bits per heavy atom. The molecule has 0 aromatic heterocycles. The van der Waals surface area contributed by atoms with E-state index < -0.39 is 0 Å². The van der Waals surface area contributed by atoms with Crippen LogP contribution in [-0.4, -0.2) is 33.5 Å². The molecule has 33 heavy (non-hydrogen) atoms. The minimum atomic E-state index is -0.373. The minimum absolute atomic E-state index is 0.150. The van der Waals surface area contributed by atoms with Crippen molar-refractivity contribution < 1.29 is 14.4 Å². The molecule has 0 bridgehead atoms. The van der Waals surface area contributed by atoms with E-state index in [0.717, 1.165) is 16.7 Å². The maximum absolute atomic E-state index is 12.7. The van der Waals surface area contributed by atoms with Gasteiger partial charge in [0.05, 0.1) is 4.91 Å². The standard InChI is InChI=1S/C25H25N3O3S2/c1-17(15-19-10-4-3-5-11-19)16-21-24(31)28(25(32)33-21)14-8-13-22(29)26-27-23(30)20-12-7-6-9-18(20)2/h3-7,9-12,15-16H,8,13-14H2,1-2H3,(H,26,29)(H,27,30). The number of hydrogen-bond acceptors (Lipinski definition) is 5. The molecule has 6 nitrogen and oxygen atoms in total. The van der Waals surface area contributed by atoms with Crippen LogP contribution in [0.1, 0.15) is 41.3 Å². The summed E-state index contributed by atoms with van der Waals surface area (Å²) < 4.78 is 0.479. The summed E-state index contributed by atoms with van der Waals surface area (Å²) in [6, 6.07) is 17.0. The summed E-state index contributed by atoms with van der Waals surface area (Å²) in [6.45, 7) is 4.10. The van der Waals surface area contributed by atoms with E-state index in [1.165, 1.54) is 16.7 Å². The molecule has 0 aliphatic carbocycles. The van der Waals surface area contributed by atoms with Crippen molar-refractivity contribution in [2.24, 2.45) is 0 Å². The first-order chi connectivity index (χ1) is 15.8. The molecule has 1 heterocycles. The first-order valence-electron chi connectivity index (χ1n) is 10.5. The molecule has 1 saturated heterocycles. The van der Waals surface area contributed by atoms with Crippen LogP contribution in [0.2, 0.25) is 0 Å². The first-order valence-corrected chi connectivity index (χ1v) is 11.7. The van der Waals surface area contributed by atoms with Crippen molar-refractivity contribution >= 4 is 52.1 Å². The van der Waals surface area contributed by atoms with Crippen molar-refractivity contribution in [3.05, 3.63) is 87.8 Å². The lowest BCUT2D eigenvalue weighted by Gasteiger charge is -2.14. The van der Waals surface area contributed by atoms with Gasteiger partial charge in [0.2, 0.25) is 5.91 Å². The predicted octanol–water partition coefficient (Wildman–Crippen LogP) is 4.38.